The second kappa shape index (κ2) is 4.55. The van der Waals surface area contributed by atoms with Gasteiger partial charge in [-0.15, -0.1) is 21.8 Å². The maximum absolute atomic E-state index is 5.68. The van der Waals surface area contributed by atoms with Gasteiger partial charge >= 0.3 is 0 Å². The van der Waals surface area contributed by atoms with Crippen molar-refractivity contribution in [1.82, 2.24) is 10.2 Å². The summed E-state index contributed by atoms with van der Waals surface area (Å²) in [6.07, 6.45) is 0.772. The fourth-order valence-electron chi connectivity index (χ4n) is 1.64. The van der Waals surface area contributed by atoms with Crippen LogP contribution in [0, 0.1) is 20.8 Å². The van der Waals surface area contributed by atoms with E-state index in [1.165, 1.54) is 0 Å². The van der Waals surface area contributed by atoms with Gasteiger partial charge < -0.3 is 4.42 Å². The van der Waals surface area contributed by atoms with E-state index in [4.69, 9.17) is 16.0 Å². The quantitative estimate of drug-likeness (QED) is 0.789. The fraction of sp³-hybridized carbons (Fsp3) is 0.455. The van der Waals surface area contributed by atoms with Gasteiger partial charge in [0.1, 0.15) is 16.5 Å². The molecule has 0 amide bonds. The largest absolute Gasteiger partial charge is 0.466 e. The number of nitrogens with zero attached hydrogens (tertiary/aromatic N) is 2. The standard InChI is InChI=1S/C11H13ClN2OS/c1-6-7(2)15-8(3)10(6)11-14-13-9(16-11)4-5-12/h4-5H2,1-3H3. The Labute approximate surface area is 103 Å². The monoisotopic (exact) mass is 256 g/mol. The second-order valence-electron chi connectivity index (χ2n) is 3.65. The lowest BCUT2D eigenvalue weighted by Gasteiger charge is -1.93. The number of hydrogen-bond donors (Lipinski definition) is 0. The van der Waals surface area contributed by atoms with Crippen LogP contribution in [0.15, 0.2) is 4.42 Å². The molecular weight excluding hydrogens is 244 g/mol. The van der Waals surface area contributed by atoms with Crippen LogP contribution < -0.4 is 0 Å². The molecule has 0 saturated carbocycles. The van der Waals surface area contributed by atoms with Gasteiger partial charge in [0.05, 0.1) is 5.56 Å². The summed E-state index contributed by atoms with van der Waals surface area (Å²) in [6, 6.07) is 0. The Balaban J connectivity index is 2.42. The zero-order valence-corrected chi connectivity index (χ0v) is 11.1. The third-order valence-electron chi connectivity index (χ3n) is 2.55. The van der Waals surface area contributed by atoms with Crippen molar-refractivity contribution in [3.05, 3.63) is 22.1 Å². The summed E-state index contributed by atoms with van der Waals surface area (Å²) in [5, 5.41) is 10.2. The number of furan rings is 1. The number of alkyl halides is 1. The van der Waals surface area contributed by atoms with Gasteiger partial charge in [-0.25, -0.2) is 0 Å². The highest BCUT2D eigenvalue weighted by atomic mass is 35.5. The van der Waals surface area contributed by atoms with E-state index in [-0.39, 0.29) is 0 Å². The Morgan fingerprint density at radius 3 is 2.50 bits per heavy atom. The van der Waals surface area contributed by atoms with Crippen LogP contribution in [-0.2, 0) is 6.42 Å². The molecule has 16 heavy (non-hydrogen) atoms. The number of aromatic nitrogens is 2. The Bertz CT molecular complexity index is 504. The smallest absolute Gasteiger partial charge is 0.151 e. The molecule has 0 aromatic carbocycles. The molecule has 0 unspecified atom stereocenters. The fourth-order valence-corrected chi connectivity index (χ4v) is 2.93. The van der Waals surface area contributed by atoms with Crippen LogP contribution in [0.2, 0.25) is 0 Å². The van der Waals surface area contributed by atoms with Crippen molar-refractivity contribution in [3.8, 4) is 10.6 Å². The molecule has 2 aromatic heterocycles. The minimum Gasteiger partial charge on any atom is -0.466 e. The lowest BCUT2D eigenvalue weighted by molar-refractivity contribution is 0.503. The van der Waals surface area contributed by atoms with E-state index < -0.39 is 0 Å². The molecule has 0 bridgehead atoms. The first-order chi connectivity index (χ1) is 7.63. The predicted octanol–water partition coefficient (Wildman–Crippen LogP) is 3.50. The molecular formula is C11H13ClN2OS. The molecule has 0 aliphatic rings. The zero-order chi connectivity index (χ0) is 11.7. The van der Waals surface area contributed by atoms with Crippen molar-refractivity contribution in [2.45, 2.75) is 27.2 Å². The first kappa shape index (κ1) is 11.6. The van der Waals surface area contributed by atoms with Crippen molar-refractivity contribution in [3.63, 3.8) is 0 Å². The van der Waals surface area contributed by atoms with Crippen LogP contribution in [0.5, 0.6) is 0 Å². The number of aryl methyl sites for hydroxylation is 3. The van der Waals surface area contributed by atoms with E-state index in [0.29, 0.717) is 5.88 Å². The number of halogens is 1. The van der Waals surface area contributed by atoms with Gasteiger partial charge in [-0.2, -0.15) is 0 Å². The van der Waals surface area contributed by atoms with Gasteiger partial charge in [-0.3, -0.25) is 0 Å². The average molecular weight is 257 g/mol. The van der Waals surface area contributed by atoms with Crippen LogP contribution >= 0.6 is 22.9 Å². The van der Waals surface area contributed by atoms with E-state index in [0.717, 1.165) is 39.1 Å². The predicted molar refractivity (Wildman–Crippen MR) is 66.2 cm³/mol. The van der Waals surface area contributed by atoms with Gasteiger partial charge in [0, 0.05) is 17.9 Å². The van der Waals surface area contributed by atoms with Crippen molar-refractivity contribution in [2.24, 2.45) is 0 Å². The topological polar surface area (TPSA) is 38.9 Å². The molecule has 2 heterocycles. The van der Waals surface area contributed by atoms with E-state index in [1.54, 1.807) is 11.3 Å². The summed E-state index contributed by atoms with van der Waals surface area (Å²) in [5.41, 5.74) is 2.22. The summed E-state index contributed by atoms with van der Waals surface area (Å²) >= 11 is 7.26. The van der Waals surface area contributed by atoms with Crippen molar-refractivity contribution < 1.29 is 4.42 Å². The molecule has 5 heteroatoms. The van der Waals surface area contributed by atoms with Gasteiger partial charge in [-0.1, -0.05) is 11.3 Å². The second-order valence-corrected chi connectivity index (χ2v) is 5.09. The molecule has 2 rings (SSSR count). The van der Waals surface area contributed by atoms with E-state index in [1.807, 2.05) is 20.8 Å². The lowest BCUT2D eigenvalue weighted by Crippen LogP contribution is -1.83. The molecule has 0 aliphatic heterocycles. The minimum absolute atomic E-state index is 0.580. The molecule has 0 aliphatic carbocycles. The molecule has 86 valence electrons. The number of hydrogen-bond acceptors (Lipinski definition) is 4. The highest BCUT2D eigenvalue weighted by Gasteiger charge is 2.17. The molecule has 0 atom stereocenters. The van der Waals surface area contributed by atoms with Gasteiger partial charge in [0.15, 0.2) is 5.01 Å². The summed E-state index contributed by atoms with van der Waals surface area (Å²) in [5.74, 6) is 2.43. The first-order valence-corrected chi connectivity index (χ1v) is 6.44. The maximum Gasteiger partial charge on any atom is 0.151 e. The SMILES string of the molecule is Cc1oc(C)c(-c2nnc(CCCl)s2)c1C. The Hall–Kier alpha value is -0.870. The summed E-state index contributed by atoms with van der Waals surface area (Å²) in [4.78, 5) is 0. The Kier molecular flexibility index (Phi) is 3.30. The van der Waals surface area contributed by atoms with Gasteiger partial charge in [-0.05, 0) is 20.8 Å². The van der Waals surface area contributed by atoms with Crippen LogP contribution in [0.3, 0.4) is 0 Å². The highest BCUT2D eigenvalue weighted by molar-refractivity contribution is 7.14. The molecule has 0 radical (unpaired) electrons. The van der Waals surface area contributed by atoms with E-state index in [2.05, 4.69) is 10.2 Å². The average Bonchev–Trinajstić information content (AvgIpc) is 2.75. The van der Waals surface area contributed by atoms with Crippen molar-refractivity contribution in [2.75, 3.05) is 5.88 Å². The van der Waals surface area contributed by atoms with Crippen LogP contribution in [0.25, 0.3) is 10.6 Å². The molecule has 0 saturated heterocycles. The van der Waals surface area contributed by atoms with Crippen LogP contribution in [-0.4, -0.2) is 16.1 Å². The van der Waals surface area contributed by atoms with Crippen LogP contribution in [0.1, 0.15) is 22.1 Å². The van der Waals surface area contributed by atoms with Crippen molar-refractivity contribution >= 4 is 22.9 Å². The molecule has 0 fully saturated rings. The lowest BCUT2D eigenvalue weighted by atomic mass is 10.1. The summed E-state index contributed by atoms with van der Waals surface area (Å²) in [7, 11) is 0. The van der Waals surface area contributed by atoms with E-state index >= 15 is 0 Å². The normalized spacial score (nSPS) is 11.0. The third-order valence-corrected chi connectivity index (χ3v) is 3.74. The summed E-state index contributed by atoms with van der Waals surface area (Å²) in [6.45, 7) is 5.97. The Morgan fingerprint density at radius 1 is 1.19 bits per heavy atom. The molecule has 3 nitrogen and oxygen atoms in total. The van der Waals surface area contributed by atoms with Crippen LogP contribution in [0.4, 0.5) is 0 Å². The highest BCUT2D eigenvalue weighted by Crippen LogP contribution is 2.33. The summed E-state index contributed by atoms with van der Waals surface area (Å²) < 4.78 is 5.58. The molecule has 2 aromatic rings. The minimum atomic E-state index is 0.580. The van der Waals surface area contributed by atoms with Crippen molar-refractivity contribution in [1.29, 1.82) is 0 Å². The zero-order valence-electron chi connectivity index (χ0n) is 9.50. The Morgan fingerprint density at radius 2 is 1.94 bits per heavy atom. The number of rotatable bonds is 3. The third kappa shape index (κ3) is 1.99. The first-order valence-electron chi connectivity index (χ1n) is 5.08. The molecule has 0 spiro atoms. The van der Waals surface area contributed by atoms with Gasteiger partial charge in [0.2, 0.25) is 0 Å². The molecule has 0 N–H and O–H groups in total. The maximum atomic E-state index is 5.68. The van der Waals surface area contributed by atoms with Gasteiger partial charge in [0.25, 0.3) is 0 Å². The van der Waals surface area contributed by atoms with E-state index in [9.17, 15) is 0 Å².